The number of ketones is 1. The molecule has 1 aromatic rings. The molecule has 0 atom stereocenters. The summed E-state index contributed by atoms with van der Waals surface area (Å²) in [4.78, 5) is 11.7. The molecule has 0 saturated heterocycles. The van der Waals surface area contributed by atoms with Gasteiger partial charge in [0.15, 0.2) is 5.78 Å². The smallest absolute Gasteiger partial charge is 0.163 e. The van der Waals surface area contributed by atoms with Crippen LogP contribution in [0.5, 0.6) is 0 Å². The largest absolute Gasteiger partial charge is 0.385 e. The third-order valence-electron chi connectivity index (χ3n) is 2.28. The number of benzene rings is 1. The summed E-state index contributed by atoms with van der Waals surface area (Å²) >= 11 is 1.74. The van der Waals surface area contributed by atoms with Crippen LogP contribution < -0.4 is 0 Å². The van der Waals surface area contributed by atoms with Gasteiger partial charge in [-0.3, -0.25) is 4.79 Å². The molecule has 94 valence electrons. The lowest BCUT2D eigenvalue weighted by Crippen LogP contribution is -2.01. The Morgan fingerprint density at radius 1 is 1.29 bits per heavy atom. The molecule has 0 aliphatic heterocycles. The van der Waals surface area contributed by atoms with Gasteiger partial charge in [0.2, 0.25) is 0 Å². The highest BCUT2D eigenvalue weighted by Crippen LogP contribution is 2.10. The van der Waals surface area contributed by atoms with Crippen LogP contribution in [0.15, 0.2) is 24.3 Å². The summed E-state index contributed by atoms with van der Waals surface area (Å²) in [6.45, 7) is 0.763. The van der Waals surface area contributed by atoms with E-state index in [0.29, 0.717) is 12.0 Å². The topological polar surface area (TPSA) is 26.3 Å². The maximum atomic E-state index is 12.6. The molecule has 17 heavy (non-hydrogen) atoms. The Morgan fingerprint density at radius 2 is 2.00 bits per heavy atom. The van der Waals surface area contributed by atoms with Crippen molar-refractivity contribution < 1.29 is 13.9 Å². The number of carbonyl (C=O) groups is 1. The first-order chi connectivity index (χ1) is 8.24. The molecular weight excluding hydrogens is 239 g/mol. The van der Waals surface area contributed by atoms with E-state index in [1.54, 1.807) is 18.9 Å². The molecule has 0 saturated carbocycles. The minimum absolute atomic E-state index is 0.0734. The van der Waals surface area contributed by atoms with Gasteiger partial charge in [-0.25, -0.2) is 4.39 Å². The van der Waals surface area contributed by atoms with E-state index in [1.165, 1.54) is 24.3 Å². The molecule has 0 amide bonds. The molecule has 0 heterocycles. The van der Waals surface area contributed by atoms with Crippen molar-refractivity contribution in [2.75, 3.05) is 25.2 Å². The quantitative estimate of drug-likeness (QED) is 0.528. The van der Waals surface area contributed by atoms with Crippen molar-refractivity contribution in [3.63, 3.8) is 0 Å². The SMILES string of the molecule is COCCCSCCC(=O)c1ccc(F)cc1. The highest BCUT2D eigenvalue weighted by Gasteiger charge is 2.05. The molecule has 0 radical (unpaired) electrons. The fourth-order valence-corrected chi connectivity index (χ4v) is 2.21. The Balaban J connectivity index is 2.19. The van der Waals surface area contributed by atoms with Gasteiger partial charge in [-0.1, -0.05) is 0 Å². The predicted molar refractivity (Wildman–Crippen MR) is 69.2 cm³/mol. The molecule has 0 N–H and O–H groups in total. The number of halogens is 1. The van der Waals surface area contributed by atoms with Crippen molar-refractivity contribution >= 4 is 17.5 Å². The van der Waals surface area contributed by atoms with Gasteiger partial charge in [-0.2, -0.15) is 11.8 Å². The Kier molecular flexibility index (Phi) is 6.89. The maximum absolute atomic E-state index is 12.6. The second-order valence-electron chi connectivity index (χ2n) is 3.64. The van der Waals surface area contributed by atoms with Crippen LogP contribution in [-0.2, 0) is 4.74 Å². The summed E-state index contributed by atoms with van der Waals surface area (Å²) < 4.78 is 17.6. The van der Waals surface area contributed by atoms with Crippen molar-refractivity contribution in [2.24, 2.45) is 0 Å². The molecule has 0 fully saturated rings. The molecule has 0 spiro atoms. The minimum Gasteiger partial charge on any atom is -0.385 e. The monoisotopic (exact) mass is 256 g/mol. The first-order valence-electron chi connectivity index (χ1n) is 5.59. The number of hydrogen-bond donors (Lipinski definition) is 0. The third kappa shape index (κ3) is 5.84. The zero-order valence-corrected chi connectivity index (χ0v) is 10.8. The normalized spacial score (nSPS) is 10.5. The van der Waals surface area contributed by atoms with E-state index < -0.39 is 0 Å². The summed E-state index contributed by atoms with van der Waals surface area (Å²) in [5.74, 6) is 1.57. The Hall–Kier alpha value is -0.870. The van der Waals surface area contributed by atoms with E-state index in [9.17, 15) is 9.18 Å². The number of thioether (sulfide) groups is 1. The van der Waals surface area contributed by atoms with E-state index in [0.717, 1.165) is 24.5 Å². The van der Waals surface area contributed by atoms with Crippen LogP contribution in [0, 0.1) is 5.82 Å². The lowest BCUT2D eigenvalue weighted by molar-refractivity contribution is 0.0989. The molecule has 2 nitrogen and oxygen atoms in total. The van der Waals surface area contributed by atoms with Gasteiger partial charge in [0.1, 0.15) is 5.82 Å². The van der Waals surface area contributed by atoms with Gasteiger partial charge in [-0.05, 0) is 36.4 Å². The number of hydrogen-bond acceptors (Lipinski definition) is 3. The van der Waals surface area contributed by atoms with Crippen molar-refractivity contribution in [3.05, 3.63) is 35.6 Å². The average molecular weight is 256 g/mol. The van der Waals surface area contributed by atoms with E-state index in [2.05, 4.69) is 0 Å². The number of ether oxygens (including phenoxy) is 1. The van der Waals surface area contributed by atoms with Crippen molar-refractivity contribution in [3.8, 4) is 0 Å². The van der Waals surface area contributed by atoms with Crippen LogP contribution in [0.2, 0.25) is 0 Å². The lowest BCUT2D eigenvalue weighted by atomic mass is 10.1. The van der Waals surface area contributed by atoms with Gasteiger partial charge in [0.05, 0.1) is 0 Å². The summed E-state index contributed by atoms with van der Waals surface area (Å²) in [6.07, 6.45) is 1.51. The summed E-state index contributed by atoms with van der Waals surface area (Å²) in [5, 5.41) is 0. The molecule has 1 aromatic carbocycles. The van der Waals surface area contributed by atoms with E-state index in [4.69, 9.17) is 4.74 Å². The fourth-order valence-electron chi connectivity index (χ4n) is 1.35. The fraction of sp³-hybridized carbons (Fsp3) is 0.462. The number of carbonyl (C=O) groups excluding carboxylic acids is 1. The summed E-state index contributed by atoms with van der Waals surface area (Å²) in [6, 6.07) is 5.71. The average Bonchev–Trinajstić information content (AvgIpc) is 2.34. The zero-order chi connectivity index (χ0) is 12.5. The molecule has 4 heteroatoms. The number of methoxy groups -OCH3 is 1. The van der Waals surface area contributed by atoms with E-state index in [1.807, 2.05) is 0 Å². The predicted octanol–water partition coefficient (Wildman–Crippen LogP) is 3.17. The zero-order valence-electron chi connectivity index (χ0n) is 9.95. The van der Waals surface area contributed by atoms with E-state index in [-0.39, 0.29) is 11.6 Å². The van der Waals surface area contributed by atoms with Crippen LogP contribution in [0.4, 0.5) is 4.39 Å². The van der Waals surface area contributed by atoms with Crippen LogP contribution >= 0.6 is 11.8 Å². The highest BCUT2D eigenvalue weighted by molar-refractivity contribution is 7.99. The van der Waals surface area contributed by atoms with Gasteiger partial charge in [-0.15, -0.1) is 0 Å². The van der Waals surface area contributed by atoms with Crippen molar-refractivity contribution in [1.82, 2.24) is 0 Å². The first kappa shape index (κ1) is 14.2. The lowest BCUT2D eigenvalue weighted by Gasteiger charge is -2.02. The van der Waals surface area contributed by atoms with E-state index >= 15 is 0 Å². The van der Waals surface area contributed by atoms with Crippen LogP contribution in [-0.4, -0.2) is 31.0 Å². The summed E-state index contributed by atoms with van der Waals surface area (Å²) in [7, 11) is 1.68. The standard InChI is InChI=1S/C13H17FO2S/c1-16-8-2-9-17-10-7-13(15)11-3-5-12(14)6-4-11/h3-6H,2,7-10H2,1H3. The summed E-state index contributed by atoms with van der Waals surface area (Å²) in [5.41, 5.74) is 0.587. The Morgan fingerprint density at radius 3 is 2.65 bits per heavy atom. The molecule has 0 aliphatic carbocycles. The maximum Gasteiger partial charge on any atom is 0.163 e. The van der Waals surface area contributed by atoms with Gasteiger partial charge >= 0.3 is 0 Å². The van der Waals surface area contributed by atoms with Gasteiger partial charge in [0, 0.05) is 31.5 Å². The Labute approximate surface area is 106 Å². The molecular formula is C13H17FO2S. The van der Waals surface area contributed by atoms with Crippen molar-refractivity contribution in [2.45, 2.75) is 12.8 Å². The first-order valence-corrected chi connectivity index (χ1v) is 6.75. The molecule has 0 bridgehead atoms. The molecule has 0 unspecified atom stereocenters. The van der Waals surface area contributed by atoms with Gasteiger partial charge in [0.25, 0.3) is 0 Å². The van der Waals surface area contributed by atoms with Crippen LogP contribution in [0.3, 0.4) is 0 Å². The minimum atomic E-state index is -0.310. The second-order valence-corrected chi connectivity index (χ2v) is 4.86. The Bertz CT molecular complexity index is 338. The second kappa shape index (κ2) is 8.25. The third-order valence-corrected chi connectivity index (χ3v) is 3.35. The van der Waals surface area contributed by atoms with Gasteiger partial charge < -0.3 is 4.74 Å². The van der Waals surface area contributed by atoms with Crippen molar-refractivity contribution in [1.29, 1.82) is 0 Å². The number of Topliss-reactive ketones (excluding diaryl/α,β-unsaturated/α-hetero) is 1. The molecule has 1 rings (SSSR count). The van der Waals surface area contributed by atoms with Crippen LogP contribution in [0.25, 0.3) is 0 Å². The molecule has 0 aliphatic rings. The van der Waals surface area contributed by atoms with Crippen LogP contribution in [0.1, 0.15) is 23.2 Å². The highest BCUT2D eigenvalue weighted by atomic mass is 32.2. The number of rotatable bonds is 8. The molecule has 0 aromatic heterocycles.